The highest BCUT2D eigenvalue weighted by Crippen LogP contribution is 2.29. The number of hydrogen-bond acceptors (Lipinski definition) is 6. The number of carbonyl (C=O) groups is 1. The Bertz CT molecular complexity index is 740. The molecule has 0 spiro atoms. The second kappa shape index (κ2) is 5.18. The average Bonchev–Trinajstić information content (AvgIpc) is 2.90. The van der Waals surface area contributed by atoms with Crippen LogP contribution in [0.25, 0.3) is 11.4 Å². The van der Waals surface area contributed by atoms with Crippen molar-refractivity contribution in [2.45, 2.75) is 0 Å². The molecule has 3 rings (SSSR count). The van der Waals surface area contributed by atoms with Gasteiger partial charge in [-0.2, -0.15) is 0 Å². The largest absolute Gasteiger partial charge is 0.375 e. The van der Waals surface area contributed by atoms with Gasteiger partial charge in [-0.1, -0.05) is 23.5 Å². The molecule has 2 N–H and O–H groups in total. The van der Waals surface area contributed by atoms with Gasteiger partial charge in [-0.05, 0) is 24.3 Å². The number of aromatic nitrogens is 3. The van der Waals surface area contributed by atoms with E-state index in [1.54, 1.807) is 42.7 Å². The minimum Gasteiger partial charge on any atom is -0.375 e. The third kappa shape index (κ3) is 2.28. The number of rotatable bonds is 3. The molecule has 0 saturated carbocycles. The molecule has 3 aromatic heterocycles. The summed E-state index contributed by atoms with van der Waals surface area (Å²) in [5.41, 5.74) is 7.24. The first-order chi connectivity index (χ1) is 9.75. The van der Waals surface area contributed by atoms with Crippen LogP contribution in [0, 0.1) is 0 Å². The first-order valence-corrected chi connectivity index (χ1v) is 6.71. The summed E-state index contributed by atoms with van der Waals surface area (Å²) in [5.74, 6) is -0.194. The summed E-state index contributed by atoms with van der Waals surface area (Å²) < 4.78 is 0. The lowest BCUT2D eigenvalue weighted by molar-refractivity contribution is 0.103. The maximum atomic E-state index is 12.5. The molecule has 0 saturated heterocycles. The van der Waals surface area contributed by atoms with Crippen LogP contribution in [0.5, 0.6) is 0 Å². The number of hydrogen-bond donors (Lipinski definition) is 1. The molecular formula is C14H10N4OS. The highest BCUT2D eigenvalue weighted by atomic mass is 32.1. The van der Waals surface area contributed by atoms with Crippen molar-refractivity contribution >= 4 is 22.3 Å². The normalized spacial score (nSPS) is 10.4. The lowest BCUT2D eigenvalue weighted by Gasteiger charge is -2.00. The van der Waals surface area contributed by atoms with E-state index < -0.39 is 0 Å². The van der Waals surface area contributed by atoms with Gasteiger partial charge in [0.2, 0.25) is 5.78 Å². The van der Waals surface area contributed by atoms with Crippen molar-refractivity contribution in [1.82, 2.24) is 15.0 Å². The van der Waals surface area contributed by atoms with Crippen molar-refractivity contribution in [3.05, 3.63) is 59.4 Å². The summed E-state index contributed by atoms with van der Waals surface area (Å²) in [5, 5.41) is 0.338. The van der Waals surface area contributed by atoms with Crippen LogP contribution in [-0.4, -0.2) is 20.7 Å². The maximum Gasteiger partial charge on any atom is 0.223 e. The predicted molar refractivity (Wildman–Crippen MR) is 77.4 cm³/mol. The number of nitrogens with zero attached hydrogens (tertiary/aromatic N) is 3. The van der Waals surface area contributed by atoms with Crippen LogP contribution in [0.4, 0.5) is 5.13 Å². The molecule has 6 heteroatoms. The Morgan fingerprint density at radius 3 is 2.45 bits per heavy atom. The lowest BCUT2D eigenvalue weighted by Crippen LogP contribution is -2.03. The number of ketones is 1. The van der Waals surface area contributed by atoms with Gasteiger partial charge >= 0.3 is 0 Å². The molecule has 0 aliphatic heterocycles. The zero-order chi connectivity index (χ0) is 13.9. The van der Waals surface area contributed by atoms with Gasteiger partial charge in [-0.15, -0.1) is 0 Å². The monoisotopic (exact) mass is 282 g/mol. The molecule has 0 aliphatic rings. The Hall–Kier alpha value is -2.60. The van der Waals surface area contributed by atoms with E-state index in [1.807, 2.05) is 6.07 Å². The summed E-state index contributed by atoms with van der Waals surface area (Å²) in [7, 11) is 0. The smallest absolute Gasteiger partial charge is 0.223 e. The van der Waals surface area contributed by atoms with E-state index in [2.05, 4.69) is 15.0 Å². The van der Waals surface area contributed by atoms with Gasteiger partial charge < -0.3 is 5.73 Å². The van der Waals surface area contributed by atoms with E-state index in [1.165, 1.54) is 0 Å². The Morgan fingerprint density at radius 2 is 1.80 bits per heavy atom. The van der Waals surface area contributed by atoms with Crippen molar-refractivity contribution < 1.29 is 4.79 Å². The maximum absolute atomic E-state index is 12.5. The fraction of sp³-hybridized carbons (Fsp3) is 0. The summed E-state index contributed by atoms with van der Waals surface area (Å²) in [6, 6.07) is 10.6. The second-order valence-electron chi connectivity index (χ2n) is 3.99. The predicted octanol–water partition coefficient (Wildman–Crippen LogP) is 2.41. The minimum atomic E-state index is -0.194. The molecule has 0 atom stereocenters. The molecule has 0 unspecified atom stereocenters. The van der Waals surface area contributed by atoms with Crippen LogP contribution in [0.2, 0.25) is 0 Å². The van der Waals surface area contributed by atoms with Gasteiger partial charge in [0.25, 0.3) is 0 Å². The van der Waals surface area contributed by atoms with Crippen molar-refractivity contribution in [3.8, 4) is 11.4 Å². The standard InChI is InChI=1S/C14H10N4OS/c15-14-18-11(9-5-1-3-7-16-9)13(20-14)12(19)10-6-2-4-8-17-10/h1-8H,(H2,15,18). The van der Waals surface area contributed by atoms with Crippen LogP contribution in [0.3, 0.4) is 0 Å². The van der Waals surface area contributed by atoms with Gasteiger partial charge in [0.1, 0.15) is 16.3 Å². The SMILES string of the molecule is Nc1nc(-c2ccccn2)c(C(=O)c2ccccn2)s1. The Kier molecular flexibility index (Phi) is 3.22. The molecular weight excluding hydrogens is 272 g/mol. The summed E-state index contributed by atoms with van der Waals surface area (Å²) in [6.07, 6.45) is 3.23. The van der Waals surface area contributed by atoms with E-state index in [-0.39, 0.29) is 5.78 Å². The van der Waals surface area contributed by atoms with Crippen molar-refractivity contribution in [2.75, 3.05) is 5.73 Å². The quantitative estimate of drug-likeness (QED) is 0.746. The van der Waals surface area contributed by atoms with E-state index in [9.17, 15) is 4.79 Å². The molecule has 0 bridgehead atoms. The van der Waals surface area contributed by atoms with Crippen molar-refractivity contribution in [1.29, 1.82) is 0 Å². The minimum absolute atomic E-state index is 0.194. The molecule has 3 heterocycles. The third-order valence-electron chi connectivity index (χ3n) is 2.65. The first-order valence-electron chi connectivity index (χ1n) is 5.89. The first kappa shape index (κ1) is 12.4. The Balaban J connectivity index is 2.09. The van der Waals surface area contributed by atoms with Gasteiger partial charge in [0.05, 0.1) is 5.69 Å². The topological polar surface area (TPSA) is 81.8 Å². The zero-order valence-corrected chi connectivity index (χ0v) is 11.2. The number of nitrogens with two attached hydrogens (primary N) is 1. The molecule has 0 aliphatic carbocycles. The van der Waals surface area contributed by atoms with Crippen molar-refractivity contribution in [3.63, 3.8) is 0 Å². The van der Waals surface area contributed by atoms with Crippen LogP contribution >= 0.6 is 11.3 Å². The molecule has 0 fully saturated rings. The highest BCUT2D eigenvalue weighted by molar-refractivity contribution is 7.18. The van der Waals surface area contributed by atoms with Crippen LogP contribution in [0.1, 0.15) is 15.4 Å². The average molecular weight is 282 g/mol. The Labute approximate surface area is 119 Å². The van der Waals surface area contributed by atoms with Crippen LogP contribution < -0.4 is 5.73 Å². The summed E-state index contributed by atoms with van der Waals surface area (Å²) in [4.78, 5) is 25.4. The van der Waals surface area contributed by atoms with Crippen LogP contribution in [0.15, 0.2) is 48.8 Å². The third-order valence-corrected chi connectivity index (χ3v) is 3.54. The fourth-order valence-corrected chi connectivity index (χ4v) is 2.57. The number of anilines is 1. The molecule has 5 nitrogen and oxygen atoms in total. The lowest BCUT2D eigenvalue weighted by atomic mass is 10.1. The van der Waals surface area contributed by atoms with E-state index in [0.29, 0.717) is 27.1 Å². The zero-order valence-electron chi connectivity index (χ0n) is 10.4. The molecule has 3 aromatic rings. The Morgan fingerprint density at radius 1 is 1.05 bits per heavy atom. The number of pyridine rings is 2. The van der Waals surface area contributed by atoms with Gasteiger partial charge in [-0.25, -0.2) is 4.98 Å². The van der Waals surface area contributed by atoms with Gasteiger partial charge in [0, 0.05) is 12.4 Å². The summed E-state index contributed by atoms with van der Waals surface area (Å²) >= 11 is 1.15. The van der Waals surface area contributed by atoms with Gasteiger partial charge in [-0.3, -0.25) is 14.8 Å². The molecule has 0 radical (unpaired) electrons. The molecule has 20 heavy (non-hydrogen) atoms. The number of nitrogen functional groups attached to an aromatic ring is 1. The van der Waals surface area contributed by atoms with Crippen LogP contribution in [-0.2, 0) is 0 Å². The number of thiazole rings is 1. The molecule has 0 aromatic carbocycles. The second-order valence-corrected chi connectivity index (χ2v) is 5.02. The highest BCUT2D eigenvalue weighted by Gasteiger charge is 2.21. The fourth-order valence-electron chi connectivity index (χ4n) is 1.78. The molecule has 0 amide bonds. The van der Waals surface area contributed by atoms with Crippen molar-refractivity contribution in [2.24, 2.45) is 0 Å². The molecule has 98 valence electrons. The van der Waals surface area contributed by atoms with E-state index >= 15 is 0 Å². The van der Waals surface area contributed by atoms with Gasteiger partial charge in [0.15, 0.2) is 5.13 Å². The van der Waals surface area contributed by atoms with E-state index in [0.717, 1.165) is 11.3 Å². The number of carbonyl (C=O) groups excluding carboxylic acids is 1. The van der Waals surface area contributed by atoms with E-state index in [4.69, 9.17) is 5.73 Å². The summed E-state index contributed by atoms with van der Waals surface area (Å²) in [6.45, 7) is 0.